The third-order valence-electron chi connectivity index (χ3n) is 5.01. The van der Waals surface area contributed by atoms with Crippen LogP contribution >= 0.6 is 0 Å². The van der Waals surface area contributed by atoms with Gasteiger partial charge < -0.3 is 14.5 Å². The van der Waals surface area contributed by atoms with Gasteiger partial charge in [0.05, 0.1) is 25.3 Å². The van der Waals surface area contributed by atoms with E-state index in [-0.39, 0.29) is 28.2 Å². The number of sulfonamides is 1. The van der Waals surface area contributed by atoms with Crippen molar-refractivity contribution in [3.05, 3.63) is 47.9 Å². The fraction of sp³-hybridized carbons (Fsp3) is 0.238. The minimum Gasteiger partial charge on any atom is -0.481 e. The summed E-state index contributed by atoms with van der Waals surface area (Å²) in [5.41, 5.74) is 1.98. The van der Waals surface area contributed by atoms with Gasteiger partial charge in [-0.15, -0.1) is 0 Å². The van der Waals surface area contributed by atoms with E-state index >= 15 is 0 Å². The quantitative estimate of drug-likeness (QED) is 0.384. The third kappa shape index (κ3) is 4.33. The van der Waals surface area contributed by atoms with Gasteiger partial charge in [-0.25, -0.2) is 31.9 Å². The summed E-state index contributed by atoms with van der Waals surface area (Å²) < 4.78 is 64.8. The molecule has 0 bridgehead atoms. The summed E-state index contributed by atoms with van der Waals surface area (Å²) in [4.78, 5) is 19.3. The number of anilines is 1. The molecule has 0 amide bonds. The van der Waals surface area contributed by atoms with Crippen LogP contribution in [-0.4, -0.2) is 54.0 Å². The molecule has 0 unspecified atom stereocenters. The van der Waals surface area contributed by atoms with Crippen molar-refractivity contribution in [2.24, 2.45) is 0 Å². The van der Waals surface area contributed by atoms with E-state index in [2.05, 4.69) is 29.6 Å². The van der Waals surface area contributed by atoms with Crippen LogP contribution in [0.15, 0.2) is 41.7 Å². The fourth-order valence-corrected chi connectivity index (χ4v) is 4.66. The SMILES string of the molecule is COc1nc(NS(=O)(=O)c2c[nH]c3c(-c4ncccn4)c(C)ccc23)nc(OC)c1CC(F)F. The molecule has 0 saturated carbocycles. The second-order valence-electron chi connectivity index (χ2n) is 7.15. The average molecular weight is 490 g/mol. The molecular formula is C21H20F2N6O4S. The summed E-state index contributed by atoms with van der Waals surface area (Å²) in [5.74, 6) is -0.387. The van der Waals surface area contributed by atoms with E-state index < -0.39 is 22.9 Å². The molecular weight excluding hydrogens is 470 g/mol. The number of nitrogens with one attached hydrogen (secondary N) is 2. The molecule has 3 heterocycles. The molecule has 0 aliphatic heterocycles. The Labute approximate surface area is 193 Å². The molecule has 34 heavy (non-hydrogen) atoms. The highest BCUT2D eigenvalue weighted by Gasteiger charge is 2.26. The maximum Gasteiger partial charge on any atom is 0.266 e. The lowest BCUT2D eigenvalue weighted by molar-refractivity contribution is 0.146. The van der Waals surface area contributed by atoms with E-state index in [4.69, 9.17) is 9.47 Å². The molecule has 4 aromatic rings. The summed E-state index contributed by atoms with van der Waals surface area (Å²) in [7, 11) is -1.75. The number of aromatic amines is 1. The van der Waals surface area contributed by atoms with Crippen molar-refractivity contribution < 1.29 is 26.7 Å². The molecule has 13 heteroatoms. The minimum atomic E-state index is -4.20. The molecule has 0 radical (unpaired) electrons. The Kier molecular flexibility index (Phi) is 6.28. The number of aromatic nitrogens is 5. The molecule has 3 aromatic heterocycles. The van der Waals surface area contributed by atoms with E-state index in [9.17, 15) is 17.2 Å². The first-order valence-electron chi connectivity index (χ1n) is 9.93. The van der Waals surface area contributed by atoms with Gasteiger partial charge in [-0.3, -0.25) is 0 Å². The van der Waals surface area contributed by atoms with Gasteiger partial charge in [0, 0.05) is 36.0 Å². The van der Waals surface area contributed by atoms with Gasteiger partial charge in [0.15, 0.2) is 5.82 Å². The van der Waals surface area contributed by atoms with Crippen LogP contribution in [0.4, 0.5) is 14.7 Å². The first-order chi connectivity index (χ1) is 16.2. The van der Waals surface area contributed by atoms with Crippen molar-refractivity contribution in [1.29, 1.82) is 0 Å². The van der Waals surface area contributed by atoms with Gasteiger partial charge in [0.2, 0.25) is 24.1 Å². The zero-order valence-corrected chi connectivity index (χ0v) is 19.2. The number of rotatable bonds is 8. The summed E-state index contributed by atoms with van der Waals surface area (Å²) >= 11 is 0. The number of benzene rings is 1. The normalized spacial score (nSPS) is 11.7. The predicted octanol–water partition coefficient (Wildman–Crippen LogP) is 3.35. The van der Waals surface area contributed by atoms with E-state index in [0.29, 0.717) is 22.3 Å². The van der Waals surface area contributed by atoms with Gasteiger partial charge >= 0.3 is 0 Å². The number of hydrogen-bond donors (Lipinski definition) is 2. The van der Waals surface area contributed by atoms with Gasteiger partial charge in [-0.1, -0.05) is 12.1 Å². The van der Waals surface area contributed by atoms with Crippen molar-refractivity contribution in [1.82, 2.24) is 24.9 Å². The Morgan fingerprint density at radius 1 is 1.09 bits per heavy atom. The van der Waals surface area contributed by atoms with Crippen LogP contribution < -0.4 is 14.2 Å². The Bertz CT molecular complexity index is 1420. The number of halogens is 2. The molecule has 0 aliphatic rings. The molecule has 0 aliphatic carbocycles. The maximum absolute atomic E-state index is 13.2. The van der Waals surface area contributed by atoms with Gasteiger partial charge in [-0.2, -0.15) is 9.97 Å². The Balaban J connectivity index is 1.77. The van der Waals surface area contributed by atoms with Crippen molar-refractivity contribution in [2.75, 3.05) is 18.9 Å². The molecule has 0 atom stereocenters. The topological polar surface area (TPSA) is 132 Å². The highest BCUT2D eigenvalue weighted by molar-refractivity contribution is 7.93. The lowest BCUT2D eigenvalue weighted by atomic mass is 10.0. The Hall–Kier alpha value is -3.87. The van der Waals surface area contributed by atoms with Gasteiger partial charge in [0.25, 0.3) is 10.0 Å². The maximum atomic E-state index is 13.2. The number of ether oxygens (including phenoxy) is 2. The minimum absolute atomic E-state index is 0.0713. The fourth-order valence-electron chi connectivity index (χ4n) is 3.55. The van der Waals surface area contributed by atoms with Crippen molar-refractivity contribution in [3.8, 4) is 23.1 Å². The van der Waals surface area contributed by atoms with Crippen LogP contribution in [0.25, 0.3) is 22.3 Å². The monoisotopic (exact) mass is 490 g/mol. The van der Waals surface area contributed by atoms with Crippen LogP contribution in [0.1, 0.15) is 11.1 Å². The predicted molar refractivity (Wildman–Crippen MR) is 120 cm³/mol. The highest BCUT2D eigenvalue weighted by Crippen LogP contribution is 2.34. The number of fused-ring (bicyclic) bond motifs is 1. The standard InChI is InChI=1S/C21H20F2N6O4S/c1-11-5-6-12-14(10-26-17(12)16(11)18-24-7-4-8-25-18)34(30,31)29-21-27-19(32-2)13(9-15(22)23)20(28-21)33-3/h4-8,10,15,26H,9H2,1-3H3,(H,27,28,29). The summed E-state index contributed by atoms with van der Waals surface area (Å²) in [6, 6.07) is 5.11. The van der Waals surface area contributed by atoms with E-state index in [1.165, 1.54) is 20.4 Å². The second kappa shape index (κ2) is 9.17. The molecule has 1 aromatic carbocycles. The first kappa shape index (κ1) is 23.3. The number of hydrogen-bond acceptors (Lipinski definition) is 8. The molecule has 0 saturated heterocycles. The summed E-state index contributed by atoms with van der Waals surface area (Å²) in [6.45, 7) is 1.87. The van der Waals surface area contributed by atoms with Crippen LogP contribution in [0, 0.1) is 6.92 Å². The highest BCUT2D eigenvalue weighted by atomic mass is 32.2. The number of nitrogens with zero attached hydrogens (tertiary/aromatic N) is 4. The molecule has 4 rings (SSSR count). The molecule has 2 N–H and O–H groups in total. The van der Waals surface area contributed by atoms with Crippen molar-refractivity contribution in [2.45, 2.75) is 24.7 Å². The second-order valence-corrected chi connectivity index (χ2v) is 8.80. The molecule has 10 nitrogen and oxygen atoms in total. The molecule has 0 spiro atoms. The number of alkyl halides is 2. The lowest BCUT2D eigenvalue weighted by Gasteiger charge is -2.14. The van der Waals surface area contributed by atoms with Crippen molar-refractivity contribution >= 4 is 26.9 Å². The number of H-pyrrole nitrogens is 1. The van der Waals surface area contributed by atoms with Crippen LogP contribution in [0.5, 0.6) is 11.8 Å². The Morgan fingerprint density at radius 2 is 1.74 bits per heavy atom. The largest absolute Gasteiger partial charge is 0.481 e. The number of aryl methyl sites for hydroxylation is 1. The van der Waals surface area contributed by atoms with Crippen LogP contribution in [-0.2, 0) is 16.4 Å². The van der Waals surface area contributed by atoms with E-state index in [1.807, 2.05) is 6.92 Å². The number of methoxy groups -OCH3 is 2. The van der Waals surface area contributed by atoms with E-state index in [0.717, 1.165) is 5.56 Å². The van der Waals surface area contributed by atoms with Crippen molar-refractivity contribution in [3.63, 3.8) is 0 Å². The van der Waals surface area contributed by atoms with Crippen LogP contribution in [0.2, 0.25) is 0 Å². The summed E-state index contributed by atoms with van der Waals surface area (Å²) in [5, 5.41) is 0.397. The third-order valence-corrected chi connectivity index (χ3v) is 6.38. The zero-order chi connectivity index (χ0) is 24.5. The molecule has 178 valence electrons. The van der Waals surface area contributed by atoms with Crippen LogP contribution in [0.3, 0.4) is 0 Å². The zero-order valence-electron chi connectivity index (χ0n) is 18.3. The van der Waals surface area contributed by atoms with Gasteiger partial charge in [0.1, 0.15) is 4.90 Å². The lowest BCUT2D eigenvalue weighted by Crippen LogP contribution is -2.16. The average Bonchev–Trinajstić information content (AvgIpc) is 3.24. The molecule has 0 fully saturated rings. The summed E-state index contributed by atoms with van der Waals surface area (Å²) in [6.07, 6.45) is 1.10. The first-order valence-corrected chi connectivity index (χ1v) is 11.4. The van der Waals surface area contributed by atoms with Gasteiger partial charge in [-0.05, 0) is 18.6 Å². The smallest absolute Gasteiger partial charge is 0.266 e. The van der Waals surface area contributed by atoms with E-state index in [1.54, 1.807) is 30.6 Å². The Morgan fingerprint density at radius 3 is 2.32 bits per heavy atom.